The van der Waals surface area contributed by atoms with Crippen molar-refractivity contribution in [2.45, 2.75) is 18.9 Å². The van der Waals surface area contributed by atoms with Crippen molar-refractivity contribution < 1.29 is 23.4 Å². The van der Waals surface area contributed by atoms with Gasteiger partial charge in [-0.3, -0.25) is 9.78 Å². The van der Waals surface area contributed by atoms with Gasteiger partial charge in [0.2, 0.25) is 0 Å². The number of anilines is 2. The minimum absolute atomic E-state index is 0.0675. The summed E-state index contributed by atoms with van der Waals surface area (Å²) in [6, 6.07) is 6.42. The van der Waals surface area contributed by atoms with E-state index in [1.807, 2.05) is 6.07 Å². The molecular formula is C23H23FN4O4. The number of fused-ring (bicyclic) bond motifs is 1. The molecule has 0 spiro atoms. The molecule has 1 fully saturated rings. The number of nitrogens with one attached hydrogen (secondary N) is 3. The van der Waals surface area contributed by atoms with E-state index in [1.54, 1.807) is 24.5 Å². The number of carbonyl (C=O) groups is 1. The van der Waals surface area contributed by atoms with Crippen molar-refractivity contribution in [1.82, 2.24) is 15.3 Å². The number of rotatable bonds is 7. The average Bonchev–Trinajstić information content (AvgIpc) is 3.12. The zero-order chi connectivity index (χ0) is 22.1. The van der Waals surface area contributed by atoms with Gasteiger partial charge in [0, 0.05) is 43.4 Å². The number of pyridine rings is 1. The Bertz CT molecular complexity index is 1160. The Morgan fingerprint density at radius 3 is 3.00 bits per heavy atom. The van der Waals surface area contributed by atoms with Crippen LogP contribution >= 0.6 is 0 Å². The number of ether oxygens (including phenoxy) is 3. The Labute approximate surface area is 184 Å². The molecule has 0 aliphatic carbocycles. The van der Waals surface area contributed by atoms with Crippen molar-refractivity contribution in [3.8, 4) is 22.8 Å². The summed E-state index contributed by atoms with van der Waals surface area (Å²) in [7, 11) is 1.40. The van der Waals surface area contributed by atoms with Crippen LogP contribution in [0.2, 0.25) is 0 Å². The summed E-state index contributed by atoms with van der Waals surface area (Å²) in [6.07, 6.45) is 4.97. The number of aromatic nitrogens is 2. The monoisotopic (exact) mass is 438 g/mol. The second-order valence-electron chi connectivity index (χ2n) is 7.64. The highest BCUT2D eigenvalue weighted by Gasteiger charge is 2.29. The molecule has 0 bridgehead atoms. The Hall–Kier alpha value is -3.59. The van der Waals surface area contributed by atoms with Crippen molar-refractivity contribution in [2.75, 3.05) is 32.2 Å². The van der Waals surface area contributed by atoms with Crippen LogP contribution in [0.4, 0.5) is 15.8 Å². The fourth-order valence-electron chi connectivity index (χ4n) is 3.96. The zero-order valence-corrected chi connectivity index (χ0v) is 17.5. The largest absolute Gasteiger partial charge is 0.492 e. The van der Waals surface area contributed by atoms with Crippen LogP contribution < -0.4 is 20.1 Å². The van der Waals surface area contributed by atoms with Crippen LogP contribution in [0.15, 0.2) is 36.7 Å². The first-order valence-corrected chi connectivity index (χ1v) is 10.5. The second kappa shape index (κ2) is 8.51. The molecule has 2 aliphatic heterocycles. The van der Waals surface area contributed by atoms with Crippen LogP contribution in [0, 0.1) is 5.82 Å². The van der Waals surface area contributed by atoms with Gasteiger partial charge in [-0.05, 0) is 18.2 Å². The van der Waals surface area contributed by atoms with Crippen molar-refractivity contribution in [2.24, 2.45) is 0 Å². The quantitative estimate of drug-likeness (QED) is 0.523. The predicted octanol–water partition coefficient (Wildman–Crippen LogP) is 3.42. The summed E-state index contributed by atoms with van der Waals surface area (Å²) in [5, 5.41) is 6.10. The van der Waals surface area contributed by atoms with E-state index in [0.29, 0.717) is 48.0 Å². The molecular weight excluding hydrogens is 415 g/mol. The third-order valence-electron chi connectivity index (χ3n) is 5.67. The number of aromatic amines is 1. The number of para-hydroxylation sites is 1. The maximum absolute atomic E-state index is 14.3. The lowest BCUT2D eigenvalue weighted by Crippen LogP contribution is -2.32. The van der Waals surface area contributed by atoms with Crippen molar-refractivity contribution in [3.63, 3.8) is 0 Å². The molecule has 166 valence electrons. The smallest absolute Gasteiger partial charge is 0.255 e. The van der Waals surface area contributed by atoms with Gasteiger partial charge in [0.15, 0.2) is 11.6 Å². The Kier molecular flexibility index (Phi) is 5.40. The zero-order valence-electron chi connectivity index (χ0n) is 17.5. The SMILES string of the molecule is COc1c(F)cccc1Nc1c(-c2ccncc2OC[C@@H]2CCO2)[nH]c2c1C(=O)NCC2. The number of nitrogens with zero attached hydrogens (tertiary/aromatic N) is 1. The van der Waals surface area contributed by atoms with Gasteiger partial charge in [0.25, 0.3) is 5.91 Å². The molecule has 0 unspecified atom stereocenters. The van der Waals surface area contributed by atoms with E-state index in [-0.39, 0.29) is 17.8 Å². The fraction of sp³-hybridized carbons (Fsp3) is 0.304. The highest BCUT2D eigenvalue weighted by Crippen LogP contribution is 2.42. The Morgan fingerprint density at radius 1 is 1.34 bits per heavy atom. The van der Waals surface area contributed by atoms with Gasteiger partial charge in [0.1, 0.15) is 12.4 Å². The molecule has 1 aromatic carbocycles. The van der Waals surface area contributed by atoms with E-state index in [1.165, 1.54) is 13.2 Å². The van der Waals surface area contributed by atoms with Crippen LogP contribution in [0.3, 0.4) is 0 Å². The van der Waals surface area contributed by atoms with Gasteiger partial charge < -0.3 is 29.8 Å². The standard InChI is InChI=1S/C23H23FN4O4/c1-30-22-15(24)3-2-4-17(22)28-21-19-16(6-9-26-23(19)29)27-20(21)14-5-8-25-11-18(14)32-12-13-7-10-31-13/h2-5,8,11,13,27-28H,6-7,9-10,12H2,1H3,(H,26,29)/t13-/m0/s1. The van der Waals surface area contributed by atoms with E-state index in [2.05, 4.69) is 20.6 Å². The van der Waals surface area contributed by atoms with E-state index in [0.717, 1.165) is 24.3 Å². The van der Waals surface area contributed by atoms with E-state index in [9.17, 15) is 9.18 Å². The molecule has 0 saturated carbocycles. The highest BCUT2D eigenvalue weighted by molar-refractivity contribution is 6.06. The molecule has 1 saturated heterocycles. The number of H-pyrrole nitrogens is 1. The summed E-state index contributed by atoms with van der Waals surface area (Å²) in [6.45, 7) is 1.70. The van der Waals surface area contributed by atoms with Crippen LogP contribution in [0.25, 0.3) is 11.3 Å². The van der Waals surface area contributed by atoms with E-state index >= 15 is 0 Å². The maximum atomic E-state index is 14.3. The van der Waals surface area contributed by atoms with Gasteiger partial charge in [-0.2, -0.15) is 0 Å². The molecule has 32 heavy (non-hydrogen) atoms. The van der Waals surface area contributed by atoms with E-state index in [4.69, 9.17) is 14.2 Å². The van der Waals surface area contributed by atoms with Crippen LogP contribution in [-0.4, -0.2) is 48.8 Å². The van der Waals surface area contributed by atoms with Gasteiger partial charge >= 0.3 is 0 Å². The first-order valence-electron chi connectivity index (χ1n) is 10.5. The third kappa shape index (κ3) is 3.64. The Balaban J connectivity index is 1.60. The minimum Gasteiger partial charge on any atom is -0.492 e. The molecule has 1 atom stereocenters. The normalized spacial score (nSPS) is 17.2. The molecule has 1 amide bonds. The topological polar surface area (TPSA) is 97.5 Å². The number of halogens is 1. The first-order chi connectivity index (χ1) is 15.7. The molecule has 2 aliphatic rings. The van der Waals surface area contributed by atoms with Crippen LogP contribution in [0.5, 0.6) is 11.5 Å². The lowest BCUT2D eigenvalue weighted by Gasteiger charge is -2.26. The fourth-order valence-corrected chi connectivity index (χ4v) is 3.96. The molecule has 9 heteroatoms. The number of benzene rings is 1. The van der Waals surface area contributed by atoms with Crippen molar-refractivity contribution in [1.29, 1.82) is 0 Å². The summed E-state index contributed by atoms with van der Waals surface area (Å²) < 4.78 is 31.0. The maximum Gasteiger partial charge on any atom is 0.255 e. The number of methoxy groups -OCH3 is 1. The highest BCUT2D eigenvalue weighted by atomic mass is 19.1. The second-order valence-corrected chi connectivity index (χ2v) is 7.64. The number of carbonyl (C=O) groups excluding carboxylic acids is 1. The number of amides is 1. The number of hydrogen-bond donors (Lipinski definition) is 3. The lowest BCUT2D eigenvalue weighted by atomic mass is 10.0. The summed E-state index contributed by atoms with van der Waals surface area (Å²) in [4.78, 5) is 20.3. The predicted molar refractivity (Wildman–Crippen MR) is 116 cm³/mol. The summed E-state index contributed by atoms with van der Waals surface area (Å²) in [5.41, 5.74) is 3.62. The molecule has 4 heterocycles. The molecule has 3 aromatic rings. The van der Waals surface area contributed by atoms with Gasteiger partial charge in [-0.1, -0.05) is 6.07 Å². The van der Waals surface area contributed by atoms with E-state index < -0.39 is 5.82 Å². The molecule has 2 aromatic heterocycles. The minimum atomic E-state index is -0.499. The molecule has 5 rings (SSSR count). The van der Waals surface area contributed by atoms with Crippen LogP contribution in [-0.2, 0) is 11.2 Å². The van der Waals surface area contributed by atoms with Gasteiger partial charge in [0.05, 0.1) is 42.0 Å². The lowest BCUT2D eigenvalue weighted by molar-refractivity contribution is -0.0720. The van der Waals surface area contributed by atoms with Gasteiger partial charge in [-0.25, -0.2) is 4.39 Å². The summed E-state index contributed by atoms with van der Waals surface area (Å²) >= 11 is 0. The molecule has 8 nitrogen and oxygen atoms in total. The summed E-state index contributed by atoms with van der Waals surface area (Å²) in [5.74, 6) is -0.0680. The third-order valence-corrected chi connectivity index (χ3v) is 5.67. The van der Waals surface area contributed by atoms with Crippen molar-refractivity contribution >= 4 is 17.3 Å². The van der Waals surface area contributed by atoms with Gasteiger partial charge in [-0.15, -0.1) is 0 Å². The first kappa shape index (κ1) is 20.3. The van der Waals surface area contributed by atoms with Crippen LogP contribution in [0.1, 0.15) is 22.5 Å². The Morgan fingerprint density at radius 2 is 2.22 bits per heavy atom. The molecule has 3 N–H and O–H groups in total. The molecule has 0 radical (unpaired) electrons. The number of hydrogen-bond acceptors (Lipinski definition) is 6. The average molecular weight is 438 g/mol. The van der Waals surface area contributed by atoms with Crippen molar-refractivity contribution in [3.05, 3.63) is 53.7 Å².